The predicted octanol–water partition coefficient (Wildman–Crippen LogP) is 5.71. The summed E-state index contributed by atoms with van der Waals surface area (Å²) in [7, 11) is 0. The number of aliphatic imine (C=N–C) groups is 1. The van der Waals surface area contributed by atoms with Gasteiger partial charge in [-0.05, 0) is 48.9 Å². The minimum absolute atomic E-state index is 0.0629. The Morgan fingerprint density at radius 3 is 2.53 bits per heavy atom. The van der Waals surface area contributed by atoms with Gasteiger partial charge >= 0.3 is 11.9 Å². The van der Waals surface area contributed by atoms with Gasteiger partial charge in [0, 0.05) is 12.0 Å². The standard InChI is InChI=1S/C21H16Cl3NO5/c1-3-18(26)29-19-15(24)7-11(9-17(19)28-4-2)8-16-21(27)30-20(25-16)12-5-6-13(22)14(23)10-12/h5-10H,3-4H2,1-2H3/b16-8-. The van der Waals surface area contributed by atoms with Gasteiger partial charge in [-0.25, -0.2) is 9.79 Å². The van der Waals surface area contributed by atoms with Crippen molar-refractivity contribution in [1.82, 2.24) is 0 Å². The maximum Gasteiger partial charge on any atom is 0.363 e. The van der Waals surface area contributed by atoms with Gasteiger partial charge in [-0.3, -0.25) is 4.79 Å². The molecule has 0 fully saturated rings. The van der Waals surface area contributed by atoms with E-state index in [0.717, 1.165) is 0 Å². The van der Waals surface area contributed by atoms with Crippen LogP contribution in [0.3, 0.4) is 0 Å². The lowest BCUT2D eigenvalue weighted by Gasteiger charge is -2.13. The average Bonchev–Trinajstić information content (AvgIpc) is 3.07. The van der Waals surface area contributed by atoms with Gasteiger partial charge in [-0.15, -0.1) is 0 Å². The van der Waals surface area contributed by atoms with E-state index in [0.29, 0.717) is 27.8 Å². The number of nitrogens with zero attached hydrogens (tertiary/aromatic N) is 1. The Bertz CT molecular complexity index is 1080. The van der Waals surface area contributed by atoms with E-state index in [1.807, 2.05) is 0 Å². The molecule has 1 heterocycles. The Morgan fingerprint density at radius 1 is 1.10 bits per heavy atom. The SMILES string of the molecule is CCOc1cc(/C=C2\N=C(c3ccc(Cl)c(Cl)c3)OC2=O)cc(Cl)c1OC(=O)CC. The molecule has 2 aromatic carbocycles. The third-order valence-electron chi connectivity index (χ3n) is 3.93. The summed E-state index contributed by atoms with van der Waals surface area (Å²) >= 11 is 18.2. The second-order valence-corrected chi connectivity index (χ2v) is 7.28. The fraction of sp³-hybridized carbons (Fsp3) is 0.190. The van der Waals surface area contributed by atoms with Crippen molar-refractivity contribution in [2.75, 3.05) is 6.61 Å². The molecule has 0 spiro atoms. The summed E-state index contributed by atoms with van der Waals surface area (Å²) in [6.45, 7) is 3.78. The van der Waals surface area contributed by atoms with Gasteiger partial charge in [0.05, 0.1) is 21.7 Å². The van der Waals surface area contributed by atoms with Crippen LogP contribution < -0.4 is 9.47 Å². The average molecular weight is 469 g/mol. The number of carbonyl (C=O) groups is 2. The number of cyclic esters (lactones) is 1. The molecular weight excluding hydrogens is 453 g/mol. The molecule has 156 valence electrons. The Labute approximate surface area is 188 Å². The minimum Gasteiger partial charge on any atom is -0.490 e. The van der Waals surface area contributed by atoms with Crippen LogP contribution in [0.2, 0.25) is 15.1 Å². The smallest absolute Gasteiger partial charge is 0.363 e. The summed E-state index contributed by atoms with van der Waals surface area (Å²) in [5, 5.41) is 0.855. The molecule has 0 amide bonds. The molecule has 6 nitrogen and oxygen atoms in total. The van der Waals surface area contributed by atoms with E-state index in [4.69, 9.17) is 49.0 Å². The first-order chi connectivity index (χ1) is 14.3. The molecule has 0 saturated carbocycles. The number of halogens is 3. The topological polar surface area (TPSA) is 74.2 Å². The van der Waals surface area contributed by atoms with Crippen LogP contribution in [0.1, 0.15) is 31.4 Å². The van der Waals surface area contributed by atoms with Crippen LogP contribution in [0.25, 0.3) is 6.08 Å². The minimum atomic E-state index is -0.633. The van der Waals surface area contributed by atoms with E-state index in [1.165, 1.54) is 12.1 Å². The molecule has 0 radical (unpaired) electrons. The highest BCUT2D eigenvalue weighted by atomic mass is 35.5. The van der Waals surface area contributed by atoms with E-state index in [-0.39, 0.29) is 34.5 Å². The molecule has 3 rings (SSSR count). The van der Waals surface area contributed by atoms with Crippen molar-refractivity contribution in [3.05, 3.63) is 62.2 Å². The molecule has 0 bridgehead atoms. The molecule has 0 unspecified atom stereocenters. The van der Waals surface area contributed by atoms with Crippen molar-refractivity contribution in [2.45, 2.75) is 20.3 Å². The zero-order valence-corrected chi connectivity index (χ0v) is 18.3. The maximum absolute atomic E-state index is 12.3. The molecule has 1 aliphatic heterocycles. The van der Waals surface area contributed by atoms with E-state index < -0.39 is 11.9 Å². The highest BCUT2D eigenvalue weighted by Crippen LogP contribution is 2.38. The summed E-state index contributed by atoms with van der Waals surface area (Å²) < 4.78 is 16.0. The number of rotatable bonds is 6. The zero-order valence-electron chi connectivity index (χ0n) is 16.0. The second kappa shape index (κ2) is 9.51. The largest absolute Gasteiger partial charge is 0.490 e. The lowest BCUT2D eigenvalue weighted by molar-refractivity contribution is -0.134. The number of esters is 2. The Balaban J connectivity index is 1.96. The van der Waals surface area contributed by atoms with E-state index >= 15 is 0 Å². The van der Waals surface area contributed by atoms with E-state index in [9.17, 15) is 9.59 Å². The lowest BCUT2D eigenvalue weighted by atomic mass is 10.1. The summed E-state index contributed by atoms with van der Waals surface area (Å²) in [4.78, 5) is 28.2. The third-order valence-corrected chi connectivity index (χ3v) is 4.95. The summed E-state index contributed by atoms with van der Waals surface area (Å²) in [5.41, 5.74) is 1.09. The normalized spacial score (nSPS) is 14.5. The highest BCUT2D eigenvalue weighted by molar-refractivity contribution is 6.42. The van der Waals surface area contributed by atoms with E-state index in [2.05, 4.69) is 4.99 Å². The molecular formula is C21H16Cl3NO5. The molecule has 0 saturated heterocycles. The third kappa shape index (κ3) is 4.95. The van der Waals surface area contributed by atoms with Crippen LogP contribution in [0, 0.1) is 0 Å². The van der Waals surface area contributed by atoms with Gasteiger partial charge in [0.1, 0.15) is 0 Å². The number of hydrogen-bond acceptors (Lipinski definition) is 6. The molecule has 2 aromatic rings. The summed E-state index contributed by atoms with van der Waals surface area (Å²) in [6.07, 6.45) is 1.68. The fourth-order valence-corrected chi connectivity index (χ4v) is 3.09. The predicted molar refractivity (Wildman–Crippen MR) is 116 cm³/mol. The molecule has 0 aromatic heterocycles. The number of ether oxygens (including phenoxy) is 3. The zero-order chi connectivity index (χ0) is 21.8. The highest BCUT2D eigenvalue weighted by Gasteiger charge is 2.25. The fourth-order valence-electron chi connectivity index (χ4n) is 2.54. The summed E-state index contributed by atoms with van der Waals surface area (Å²) in [5.74, 6) is -0.569. The van der Waals surface area contributed by atoms with Gasteiger partial charge < -0.3 is 14.2 Å². The van der Waals surface area contributed by atoms with Crippen molar-refractivity contribution in [3.8, 4) is 11.5 Å². The molecule has 30 heavy (non-hydrogen) atoms. The molecule has 0 atom stereocenters. The van der Waals surface area contributed by atoms with Crippen LogP contribution in [0.15, 0.2) is 41.0 Å². The molecule has 0 N–H and O–H groups in total. The van der Waals surface area contributed by atoms with Crippen LogP contribution in [-0.4, -0.2) is 24.4 Å². The van der Waals surface area contributed by atoms with Crippen molar-refractivity contribution in [2.24, 2.45) is 4.99 Å². The van der Waals surface area contributed by atoms with Crippen molar-refractivity contribution >= 4 is 58.7 Å². The monoisotopic (exact) mass is 467 g/mol. The number of benzene rings is 2. The maximum atomic E-state index is 12.3. The second-order valence-electron chi connectivity index (χ2n) is 6.06. The van der Waals surface area contributed by atoms with Crippen molar-refractivity contribution < 1.29 is 23.8 Å². The Hall–Kier alpha value is -2.54. The first-order valence-corrected chi connectivity index (χ1v) is 10.1. The van der Waals surface area contributed by atoms with Gasteiger partial charge in [-0.2, -0.15) is 0 Å². The molecule has 0 aliphatic carbocycles. The van der Waals surface area contributed by atoms with Crippen LogP contribution in [0.4, 0.5) is 0 Å². The van der Waals surface area contributed by atoms with Gasteiger partial charge in [0.2, 0.25) is 5.90 Å². The van der Waals surface area contributed by atoms with E-state index in [1.54, 1.807) is 38.1 Å². The lowest BCUT2D eigenvalue weighted by Crippen LogP contribution is -2.08. The van der Waals surface area contributed by atoms with Crippen LogP contribution in [0.5, 0.6) is 11.5 Å². The van der Waals surface area contributed by atoms with Gasteiger partial charge in [-0.1, -0.05) is 41.7 Å². The summed E-state index contributed by atoms with van der Waals surface area (Å²) in [6, 6.07) is 7.92. The molecule has 1 aliphatic rings. The molecule has 9 heteroatoms. The Kier molecular flexibility index (Phi) is 7.02. The van der Waals surface area contributed by atoms with Crippen molar-refractivity contribution in [3.63, 3.8) is 0 Å². The first-order valence-electron chi connectivity index (χ1n) is 8.97. The first kappa shape index (κ1) is 22.2. The number of hydrogen-bond donors (Lipinski definition) is 0. The van der Waals surface area contributed by atoms with Crippen molar-refractivity contribution in [1.29, 1.82) is 0 Å². The quantitative estimate of drug-likeness (QED) is 0.309. The van der Waals surface area contributed by atoms with Crippen LogP contribution in [-0.2, 0) is 14.3 Å². The van der Waals surface area contributed by atoms with Gasteiger partial charge in [0.15, 0.2) is 17.2 Å². The van der Waals surface area contributed by atoms with Crippen LogP contribution >= 0.6 is 34.8 Å². The van der Waals surface area contributed by atoms with Gasteiger partial charge in [0.25, 0.3) is 0 Å². The number of carbonyl (C=O) groups excluding carboxylic acids is 2. The Morgan fingerprint density at radius 2 is 1.87 bits per heavy atom.